The summed E-state index contributed by atoms with van der Waals surface area (Å²) in [7, 11) is 1.98. The Morgan fingerprint density at radius 1 is 1.43 bits per heavy atom. The number of nitrogens with zero attached hydrogens (tertiary/aromatic N) is 1. The third kappa shape index (κ3) is 8.44. The van der Waals surface area contributed by atoms with E-state index in [0.717, 1.165) is 13.0 Å². The summed E-state index contributed by atoms with van der Waals surface area (Å²) in [5.74, 6) is 0. The SMILES string of the molecule is CC(C)OCC(O)CN(C)CCCN. The minimum absolute atomic E-state index is 0.180. The Morgan fingerprint density at radius 2 is 2.07 bits per heavy atom. The zero-order valence-electron chi connectivity index (χ0n) is 9.57. The van der Waals surface area contributed by atoms with Crippen molar-refractivity contribution in [2.75, 3.05) is 33.3 Å². The Balaban J connectivity index is 3.44. The van der Waals surface area contributed by atoms with Crippen molar-refractivity contribution in [1.82, 2.24) is 4.90 Å². The molecular weight excluding hydrogens is 180 g/mol. The lowest BCUT2D eigenvalue weighted by Crippen LogP contribution is -2.34. The van der Waals surface area contributed by atoms with Gasteiger partial charge in [0.25, 0.3) is 0 Å². The summed E-state index contributed by atoms with van der Waals surface area (Å²) in [5.41, 5.74) is 5.39. The summed E-state index contributed by atoms with van der Waals surface area (Å²) >= 11 is 0. The van der Waals surface area contributed by atoms with Crippen molar-refractivity contribution < 1.29 is 9.84 Å². The second-order valence-electron chi connectivity index (χ2n) is 3.94. The second kappa shape index (κ2) is 8.17. The van der Waals surface area contributed by atoms with E-state index < -0.39 is 6.10 Å². The van der Waals surface area contributed by atoms with Gasteiger partial charge in [0.2, 0.25) is 0 Å². The van der Waals surface area contributed by atoms with Gasteiger partial charge >= 0.3 is 0 Å². The highest BCUT2D eigenvalue weighted by Crippen LogP contribution is 1.95. The number of rotatable bonds is 8. The van der Waals surface area contributed by atoms with E-state index in [1.807, 2.05) is 20.9 Å². The van der Waals surface area contributed by atoms with E-state index >= 15 is 0 Å². The number of likely N-dealkylation sites (N-methyl/N-ethyl adjacent to an activating group) is 1. The molecule has 0 heterocycles. The van der Waals surface area contributed by atoms with E-state index in [4.69, 9.17) is 10.5 Å². The molecule has 86 valence electrons. The predicted molar refractivity (Wildman–Crippen MR) is 58.3 cm³/mol. The maximum Gasteiger partial charge on any atom is 0.0900 e. The number of nitrogens with two attached hydrogens (primary N) is 1. The third-order valence-electron chi connectivity index (χ3n) is 1.89. The number of aliphatic hydroxyl groups excluding tert-OH is 1. The summed E-state index contributed by atoms with van der Waals surface area (Å²) in [5, 5.41) is 9.57. The van der Waals surface area contributed by atoms with E-state index in [0.29, 0.717) is 19.7 Å². The standard InChI is InChI=1S/C10H24N2O2/c1-9(2)14-8-10(13)7-12(3)6-4-5-11/h9-10,13H,4-8,11H2,1-3H3. The molecule has 4 nitrogen and oxygen atoms in total. The average Bonchev–Trinajstić information content (AvgIpc) is 2.11. The van der Waals surface area contributed by atoms with E-state index in [1.54, 1.807) is 0 Å². The Morgan fingerprint density at radius 3 is 2.57 bits per heavy atom. The van der Waals surface area contributed by atoms with Crippen LogP contribution in [-0.2, 0) is 4.74 Å². The van der Waals surface area contributed by atoms with Crippen LogP contribution in [0.1, 0.15) is 20.3 Å². The largest absolute Gasteiger partial charge is 0.389 e. The van der Waals surface area contributed by atoms with Gasteiger partial charge in [-0.1, -0.05) is 0 Å². The molecule has 0 amide bonds. The van der Waals surface area contributed by atoms with E-state index in [9.17, 15) is 5.11 Å². The monoisotopic (exact) mass is 204 g/mol. The molecule has 0 aliphatic carbocycles. The third-order valence-corrected chi connectivity index (χ3v) is 1.89. The Kier molecular flexibility index (Phi) is 8.08. The van der Waals surface area contributed by atoms with Crippen LogP contribution < -0.4 is 5.73 Å². The minimum Gasteiger partial charge on any atom is -0.389 e. The van der Waals surface area contributed by atoms with Gasteiger partial charge in [-0.25, -0.2) is 0 Å². The highest BCUT2D eigenvalue weighted by molar-refractivity contribution is 4.61. The van der Waals surface area contributed by atoms with Crippen molar-refractivity contribution in [3.63, 3.8) is 0 Å². The van der Waals surface area contributed by atoms with Gasteiger partial charge in [0.05, 0.1) is 18.8 Å². The molecule has 0 rings (SSSR count). The number of hydrogen-bond donors (Lipinski definition) is 2. The molecule has 14 heavy (non-hydrogen) atoms. The van der Waals surface area contributed by atoms with Crippen LogP contribution in [0.4, 0.5) is 0 Å². The molecule has 0 saturated heterocycles. The summed E-state index contributed by atoms with van der Waals surface area (Å²) in [6.07, 6.45) is 0.744. The first-order valence-electron chi connectivity index (χ1n) is 5.24. The van der Waals surface area contributed by atoms with Crippen LogP contribution in [0.25, 0.3) is 0 Å². The summed E-state index contributed by atoms with van der Waals surface area (Å²) in [6, 6.07) is 0. The molecule has 0 aliphatic heterocycles. The molecule has 0 radical (unpaired) electrons. The van der Waals surface area contributed by atoms with Crippen LogP contribution in [0.15, 0.2) is 0 Å². The fourth-order valence-electron chi connectivity index (χ4n) is 1.17. The topological polar surface area (TPSA) is 58.7 Å². The molecule has 1 atom stereocenters. The lowest BCUT2D eigenvalue weighted by Gasteiger charge is -2.20. The zero-order chi connectivity index (χ0) is 11.0. The lowest BCUT2D eigenvalue weighted by molar-refractivity contribution is -0.00555. The van der Waals surface area contributed by atoms with Crippen LogP contribution in [-0.4, -0.2) is 55.5 Å². The van der Waals surface area contributed by atoms with Crippen LogP contribution in [0, 0.1) is 0 Å². The fourth-order valence-corrected chi connectivity index (χ4v) is 1.17. The van der Waals surface area contributed by atoms with Crippen LogP contribution in [0.3, 0.4) is 0 Å². The summed E-state index contributed by atoms with van der Waals surface area (Å²) in [6.45, 7) is 6.60. The molecule has 0 aromatic heterocycles. The average molecular weight is 204 g/mol. The molecule has 0 fully saturated rings. The normalized spacial score (nSPS) is 13.9. The maximum absolute atomic E-state index is 9.57. The highest BCUT2D eigenvalue weighted by atomic mass is 16.5. The molecule has 0 aliphatic rings. The van der Waals surface area contributed by atoms with Crippen molar-refractivity contribution in [3.05, 3.63) is 0 Å². The van der Waals surface area contributed by atoms with E-state index in [1.165, 1.54) is 0 Å². The van der Waals surface area contributed by atoms with Crippen LogP contribution >= 0.6 is 0 Å². The lowest BCUT2D eigenvalue weighted by atomic mass is 10.3. The molecule has 1 unspecified atom stereocenters. The Labute approximate surface area is 87.0 Å². The van der Waals surface area contributed by atoms with E-state index in [2.05, 4.69) is 4.90 Å². The number of ether oxygens (including phenoxy) is 1. The van der Waals surface area contributed by atoms with Crippen molar-refractivity contribution in [3.8, 4) is 0 Å². The summed E-state index contributed by atoms with van der Waals surface area (Å²) < 4.78 is 5.31. The van der Waals surface area contributed by atoms with Crippen LogP contribution in [0.5, 0.6) is 0 Å². The molecular formula is C10H24N2O2. The highest BCUT2D eigenvalue weighted by Gasteiger charge is 2.08. The summed E-state index contributed by atoms with van der Waals surface area (Å²) in [4.78, 5) is 2.07. The van der Waals surface area contributed by atoms with Gasteiger partial charge in [-0.15, -0.1) is 0 Å². The van der Waals surface area contributed by atoms with Gasteiger partial charge in [-0.3, -0.25) is 0 Å². The van der Waals surface area contributed by atoms with Gasteiger partial charge in [0.15, 0.2) is 0 Å². The van der Waals surface area contributed by atoms with Gasteiger partial charge in [0.1, 0.15) is 0 Å². The first-order chi connectivity index (χ1) is 6.56. The molecule has 3 N–H and O–H groups in total. The van der Waals surface area contributed by atoms with Crippen LogP contribution in [0.2, 0.25) is 0 Å². The smallest absolute Gasteiger partial charge is 0.0900 e. The molecule has 0 saturated carbocycles. The molecule has 4 heteroatoms. The first-order valence-corrected chi connectivity index (χ1v) is 5.24. The molecule has 0 aromatic carbocycles. The minimum atomic E-state index is -0.403. The first kappa shape index (κ1) is 13.8. The molecule has 0 bridgehead atoms. The van der Waals surface area contributed by atoms with Gasteiger partial charge in [-0.2, -0.15) is 0 Å². The number of aliphatic hydroxyl groups is 1. The van der Waals surface area contributed by atoms with E-state index in [-0.39, 0.29) is 6.10 Å². The molecule has 0 aromatic rings. The van der Waals surface area contributed by atoms with Crippen molar-refractivity contribution in [2.45, 2.75) is 32.5 Å². The van der Waals surface area contributed by atoms with Crippen molar-refractivity contribution >= 4 is 0 Å². The van der Waals surface area contributed by atoms with Gasteiger partial charge < -0.3 is 20.5 Å². The number of hydrogen-bond acceptors (Lipinski definition) is 4. The van der Waals surface area contributed by atoms with Gasteiger partial charge in [-0.05, 0) is 40.4 Å². The fraction of sp³-hybridized carbons (Fsp3) is 1.00. The second-order valence-corrected chi connectivity index (χ2v) is 3.94. The van der Waals surface area contributed by atoms with Gasteiger partial charge in [0, 0.05) is 6.54 Å². The quantitative estimate of drug-likeness (QED) is 0.587. The molecule has 0 spiro atoms. The predicted octanol–water partition coefficient (Wildman–Crippen LogP) is 0.0529. The Hall–Kier alpha value is -0.160. The zero-order valence-corrected chi connectivity index (χ0v) is 9.57. The van der Waals surface area contributed by atoms with Crippen molar-refractivity contribution in [1.29, 1.82) is 0 Å². The maximum atomic E-state index is 9.57. The Bertz CT molecular complexity index is 131. The van der Waals surface area contributed by atoms with Crippen molar-refractivity contribution in [2.24, 2.45) is 5.73 Å².